The Kier molecular flexibility index (Phi) is 8.58. The number of piperidine rings is 1. The summed E-state index contributed by atoms with van der Waals surface area (Å²) < 4.78 is 9.71. The van der Waals surface area contributed by atoms with Crippen molar-refractivity contribution < 1.29 is 19.1 Å². The van der Waals surface area contributed by atoms with Gasteiger partial charge in [-0.2, -0.15) is 0 Å². The Morgan fingerprint density at radius 1 is 1.18 bits per heavy atom. The van der Waals surface area contributed by atoms with Crippen molar-refractivity contribution >= 4 is 23.7 Å². The third-order valence-corrected chi connectivity index (χ3v) is 4.55. The maximum absolute atomic E-state index is 11.9. The quantitative estimate of drug-likeness (QED) is 0.441. The summed E-state index contributed by atoms with van der Waals surface area (Å²) in [6, 6.07) is 7.48. The molecular weight excluding hydrogens is 360 g/mol. The molecule has 1 aromatic rings. The van der Waals surface area contributed by atoms with Crippen LogP contribution in [-0.4, -0.2) is 56.3 Å². The summed E-state index contributed by atoms with van der Waals surface area (Å²) in [6.45, 7) is 7.15. The second-order valence-corrected chi connectivity index (χ2v) is 6.50. The number of rotatable bonds is 6. The van der Waals surface area contributed by atoms with Crippen molar-refractivity contribution in [2.75, 3.05) is 38.7 Å². The van der Waals surface area contributed by atoms with Gasteiger partial charge in [0.25, 0.3) is 0 Å². The molecule has 0 bridgehead atoms. The Labute approximate surface area is 166 Å². The number of likely N-dealkylation sites (tertiary alicyclic amines) is 1. The van der Waals surface area contributed by atoms with E-state index in [4.69, 9.17) is 9.73 Å². The second-order valence-electron chi connectivity index (χ2n) is 6.50. The fraction of sp³-hybridized carbons (Fsp3) is 0.550. The number of hydrogen-bond donors (Lipinski definition) is 2. The molecule has 8 nitrogen and oxygen atoms in total. The molecule has 0 saturated carbocycles. The molecule has 1 heterocycles. The van der Waals surface area contributed by atoms with Crippen LogP contribution in [0.15, 0.2) is 29.3 Å². The van der Waals surface area contributed by atoms with Gasteiger partial charge in [-0.3, -0.25) is 10.1 Å². The highest BCUT2D eigenvalue weighted by molar-refractivity contribution is 5.84. The van der Waals surface area contributed by atoms with Crippen molar-refractivity contribution in [2.24, 2.45) is 10.9 Å². The van der Waals surface area contributed by atoms with Crippen molar-refractivity contribution in [3.63, 3.8) is 0 Å². The number of ether oxygens (including phenoxy) is 2. The van der Waals surface area contributed by atoms with Crippen LogP contribution in [0, 0.1) is 5.92 Å². The first-order valence-electron chi connectivity index (χ1n) is 9.71. The van der Waals surface area contributed by atoms with Gasteiger partial charge in [-0.05, 0) is 44.4 Å². The van der Waals surface area contributed by atoms with Crippen LogP contribution in [0.2, 0.25) is 0 Å². The molecule has 28 heavy (non-hydrogen) atoms. The van der Waals surface area contributed by atoms with Crippen molar-refractivity contribution in [3.8, 4) is 0 Å². The average molecular weight is 390 g/mol. The first-order valence-corrected chi connectivity index (χ1v) is 9.71. The highest BCUT2D eigenvalue weighted by Crippen LogP contribution is 2.19. The Morgan fingerprint density at radius 2 is 1.86 bits per heavy atom. The number of carbonyl (C=O) groups excluding carboxylic acids is 2. The monoisotopic (exact) mass is 390 g/mol. The van der Waals surface area contributed by atoms with Gasteiger partial charge in [0.15, 0.2) is 5.96 Å². The van der Waals surface area contributed by atoms with E-state index >= 15 is 0 Å². The number of guanidine groups is 1. The minimum Gasteiger partial charge on any atom is -0.466 e. The molecule has 154 valence electrons. The molecule has 0 radical (unpaired) electrons. The third-order valence-electron chi connectivity index (χ3n) is 4.55. The Morgan fingerprint density at radius 3 is 2.43 bits per heavy atom. The summed E-state index contributed by atoms with van der Waals surface area (Å²) in [5.74, 6) is 0.736. The molecule has 1 aliphatic heterocycles. The number of amides is 1. The molecule has 0 unspecified atom stereocenters. The largest absolute Gasteiger partial charge is 0.466 e. The molecule has 1 fully saturated rings. The topological polar surface area (TPSA) is 92.3 Å². The van der Waals surface area contributed by atoms with Crippen molar-refractivity contribution in [3.05, 3.63) is 29.8 Å². The smallest absolute Gasteiger partial charge is 0.411 e. The number of esters is 1. The molecule has 2 rings (SSSR count). The number of nitrogens with one attached hydrogen (secondary N) is 2. The lowest BCUT2D eigenvalue weighted by Gasteiger charge is -2.33. The molecule has 8 heteroatoms. The first kappa shape index (κ1) is 21.5. The first-order chi connectivity index (χ1) is 13.6. The van der Waals surface area contributed by atoms with Crippen LogP contribution in [-0.2, 0) is 20.8 Å². The van der Waals surface area contributed by atoms with Gasteiger partial charge in [-0.25, -0.2) is 9.79 Å². The van der Waals surface area contributed by atoms with E-state index in [2.05, 4.69) is 20.3 Å². The standard InChI is InChI=1S/C20H30N4O4/c1-4-21-19(24-12-10-16(11-13-24)18(25)28-5-2)22-14-15-6-8-17(9-7-15)23-20(26)27-3/h6-9,16H,4-5,10-14H2,1-3H3,(H,21,22)(H,23,26). The van der Waals surface area contributed by atoms with Gasteiger partial charge in [-0.1, -0.05) is 12.1 Å². The fourth-order valence-corrected chi connectivity index (χ4v) is 3.04. The predicted octanol–water partition coefficient (Wildman–Crippen LogP) is 2.61. The SMILES string of the molecule is CCNC(=NCc1ccc(NC(=O)OC)cc1)N1CCC(C(=O)OCC)CC1. The summed E-state index contributed by atoms with van der Waals surface area (Å²) in [6.07, 6.45) is 1.06. The molecule has 1 aliphatic rings. The number of anilines is 1. The molecule has 0 aliphatic carbocycles. The van der Waals surface area contributed by atoms with E-state index in [1.165, 1.54) is 7.11 Å². The van der Waals surface area contributed by atoms with E-state index in [1.807, 2.05) is 38.1 Å². The number of carbonyl (C=O) groups is 2. The van der Waals surface area contributed by atoms with E-state index in [9.17, 15) is 9.59 Å². The predicted molar refractivity (Wildman–Crippen MR) is 108 cm³/mol. The lowest BCUT2D eigenvalue weighted by atomic mass is 9.97. The molecule has 2 N–H and O–H groups in total. The fourth-order valence-electron chi connectivity index (χ4n) is 3.04. The highest BCUT2D eigenvalue weighted by atomic mass is 16.5. The minimum absolute atomic E-state index is 0.0195. The molecule has 1 amide bonds. The van der Waals surface area contributed by atoms with Crippen LogP contribution in [0.4, 0.5) is 10.5 Å². The molecular formula is C20H30N4O4. The number of nitrogens with zero attached hydrogens (tertiary/aromatic N) is 2. The molecule has 1 aromatic carbocycles. The Bertz CT molecular complexity index is 667. The lowest BCUT2D eigenvalue weighted by molar-refractivity contribution is -0.149. The van der Waals surface area contributed by atoms with Crippen LogP contribution in [0.5, 0.6) is 0 Å². The second kappa shape index (κ2) is 11.2. The van der Waals surface area contributed by atoms with Crippen LogP contribution in [0.1, 0.15) is 32.3 Å². The highest BCUT2D eigenvalue weighted by Gasteiger charge is 2.27. The van der Waals surface area contributed by atoms with Gasteiger partial charge in [0.05, 0.1) is 26.2 Å². The van der Waals surface area contributed by atoms with Gasteiger partial charge >= 0.3 is 12.1 Å². The maximum Gasteiger partial charge on any atom is 0.411 e. The van der Waals surface area contributed by atoms with E-state index in [0.717, 1.165) is 44.0 Å². The molecule has 0 spiro atoms. The minimum atomic E-state index is -0.494. The number of benzene rings is 1. The van der Waals surface area contributed by atoms with Crippen molar-refractivity contribution in [2.45, 2.75) is 33.2 Å². The summed E-state index contributed by atoms with van der Waals surface area (Å²) in [5.41, 5.74) is 1.71. The van der Waals surface area contributed by atoms with Crippen LogP contribution in [0.3, 0.4) is 0 Å². The summed E-state index contributed by atoms with van der Waals surface area (Å²) in [5, 5.41) is 5.95. The van der Waals surface area contributed by atoms with Crippen LogP contribution >= 0.6 is 0 Å². The van der Waals surface area contributed by atoms with Gasteiger partial charge in [0.1, 0.15) is 0 Å². The van der Waals surface area contributed by atoms with Crippen LogP contribution < -0.4 is 10.6 Å². The van der Waals surface area contributed by atoms with Gasteiger partial charge in [-0.15, -0.1) is 0 Å². The van der Waals surface area contributed by atoms with E-state index in [-0.39, 0.29) is 11.9 Å². The zero-order valence-corrected chi connectivity index (χ0v) is 16.9. The normalized spacial score (nSPS) is 15.1. The Hall–Kier alpha value is -2.77. The molecule has 1 saturated heterocycles. The Balaban J connectivity index is 1.93. The van der Waals surface area contributed by atoms with E-state index < -0.39 is 6.09 Å². The number of hydrogen-bond acceptors (Lipinski definition) is 5. The van der Waals surface area contributed by atoms with Crippen molar-refractivity contribution in [1.82, 2.24) is 10.2 Å². The zero-order valence-electron chi connectivity index (χ0n) is 16.9. The summed E-state index contributed by atoms with van der Waals surface area (Å²) >= 11 is 0. The summed E-state index contributed by atoms with van der Waals surface area (Å²) in [4.78, 5) is 30.0. The lowest BCUT2D eigenvalue weighted by Crippen LogP contribution is -2.46. The number of methoxy groups -OCH3 is 1. The third kappa shape index (κ3) is 6.44. The summed E-state index contributed by atoms with van der Waals surface area (Å²) in [7, 11) is 1.33. The molecule has 0 aromatic heterocycles. The van der Waals surface area contributed by atoms with E-state index in [0.29, 0.717) is 18.8 Å². The zero-order chi connectivity index (χ0) is 20.4. The molecule has 0 atom stereocenters. The van der Waals surface area contributed by atoms with Crippen LogP contribution in [0.25, 0.3) is 0 Å². The van der Waals surface area contributed by atoms with Gasteiger partial charge < -0.3 is 19.7 Å². The van der Waals surface area contributed by atoms with Gasteiger partial charge in [0.2, 0.25) is 0 Å². The average Bonchev–Trinajstić information content (AvgIpc) is 2.72. The van der Waals surface area contributed by atoms with Gasteiger partial charge in [0, 0.05) is 25.3 Å². The number of aliphatic imine (C=N–C) groups is 1. The van der Waals surface area contributed by atoms with E-state index in [1.54, 1.807) is 0 Å². The van der Waals surface area contributed by atoms with Crippen molar-refractivity contribution in [1.29, 1.82) is 0 Å². The maximum atomic E-state index is 11.9.